The van der Waals surface area contributed by atoms with Gasteiger partial charge < -0.3 is 12.7 Å². The Balaban J connectivity index is 3.77. The maximum atomic E-state index is 14.4. The zero-order valence-electron chi connectivity index (χ0n) is 17.2. The average Bonchev–Trinajstić information content (AvgIpc) is 2.47. The van der Waals surface area contributed by atoms with E-state index in [-0.39, 0.29) is 8.73 Å². The van der Waals surface area contributed by atoms with E-state index in [1.807, 2.05) is 23.6 Å². The highest BCUT2D eigenvalue weighted by Crippen LogP contribution is 2.45. The summed E-state index contributed by atoms with van der Waals surface area (Å²) >= 11 is 7.42. The summed E-state index contributed by atoms with van der Waals surface area (Å²) < 4.78 is 71.7. The molecule has 27 heavy (non-hydrogen) atoms. The second kappa shape index (κ2) is 7.92. The predicted octanol–water partition coefficient (Wildman–Crippen LogP) is 6.52. The minimum absolute atomic E-state index is 0.0129. The van der Waals surface area contributed by atoms with E-state index in [4.69, 9.17) is 11.1 Å². The van der Waals surface area contributed by atoms with Gasteiger partial charge in [-0.2, -0.15) is 11.1 Å². The smallest absolute Gasteiger partial charge is 0.200 e. The van der Waals surface area contributed by atoms with Crippen LogP contribution in [0.2, 0.25) is 58.9 Å². The van der Waals surface area contributed by atoms with Crippen molar-refractivity contribution in [3.8, 4) is 0 Å². The summed E-state index contributed by atoms with van der Waals surface area (Å²) in [5, 5.41) is -0.803. The molecule has 1 nitrogen and oxygen atoms in total. The van der Waals surface area contributed by atoms with E-state index in [1.165, 1.54) is 0 Å². The van der Waals surface area contributed by atoms with Crippen LogP contribution in [0.25, 0.3) is 0 Å². The second-order valence-corrected chi connectivity index (χ2v) is 45.7. The zero-order chi connectivity index (χ0) is 21.7. The Morgan fingerprint density at radius 1 is 0.630 bits per heavy atom. The molecule has 0 bridgehead atoms. The molecule has 0 saturated carbocycles. The lowest BCUT2D eigenvalue weighted by atomic mass is 10.3. The monoisotopic (exact) mass is 494 g/mol. The van der Waals surface area contributed by atoms with Crippen LogP contribution in [0, 0.1) is 29.1 Å². The molecule has 0 aliphatic carbocycles. The Morgan fingerprint density at radius 3 is 1.19 bits per heavy atom. The van der Waals surface area contributed by atoms with Crippen LogP contribution in [0.1, 0.15) is 0 Å². The van der Waals surface area contributed by atoms with Crippen molar-refractivity contribution in [2.75, 3.05) is 0 Å². The summed E-state index contributed by atoms with van der Waals surface area (Å²) in [4.78, 5) is 0. The van der Waals surface area contributed by atoms with E-state index in [0.717, 1.165) is 0 Å². The highest BCUT2D eigenvalue weighted by atomic mass is 35.6. The van der Waals surface area contributed by atoms with Crippen LogP contribution in [0.15, 0.2) is 0 Å². The molecule has 1 aromatic rings. The van der Waals surface area contributed by atoms with Crippen molar-refractivity contribution in [2.24, 2.45) is 0 Å². The van der Waals surface area contributed by atoms with Crippen LogP contribution >= 0.6 is 19.8 Å². The van der Waals surface area contributed by atoms with Gasteiger partial charge in [-0.1, -0.05) is 58.9 Å². The zero-order valence-corrected chi connectivity index (χ0v) is 22.8. The van der Waals surface area contributed by atoms with Crippen molar-refractivity contribution in [2.45, 2.75) is 58.9 Å². The second-order valence-electron chi connectivity index (χ2n) is 9.62. The van der Waals surface area contributed by atoms with Gasteiger partial charge in [0.25, 0.3) is 0 Å². The summed E-state index contributed by atoms with van der Waals surface area (Å²) in [7, 11) is -6.35. The Labute approximate surface area is 169 Å². The fourth-order valence-electron chi connectivity index (χ4n) is 3.22. The van der Waals surface area contributed by atoms with Gasteiger partial charge in [-0.05, 0) is 0 Å². The van der Waals surface area contributed by atoms with Gasteiger partial charge in [0.05, 0.1) is 23.4 Å². The standard InChI is InChI=1S/C15H27ClF5NPSi4/c1-24(2,3)22(27(16,25(4,5)6)26(7,8)9)23-15-13(20)11(18)10(17)12(19)14(15)21/h1-9H3/q-1. The van der Waals surface area contributed by atoms with Crippen molar-refractivity contribution < 1.29 is 22.0 Å². The molecule has 0 atom stereocenters. The van der Waals surface area contributed by atoms with Crippen molar-refractivity contribution >= 4 is 55.1 Å². The topological polar surface area (TPSA) is 3.24 Å². The highest BCUT2D eigenvalue weighted by Gasteiger charge is 2.57. The summed E-state index contributed by atoms with van der Waals surface area (Å²) in [6.07, 6.45) is 0. The predicted molar refractivity (Wildman–Crippen MR) is 116 cm³/mol. The molecule has 0 amide bonds. The fraction of sp³-hybridized carbons (Fsp3) is 0.600. The van der Waals surface area contributed by atoms with E-state index in [1.54, 1.807) is 0 Å². The van der Waals surface area contributed by atoms with Crippen LogP contribution in [0.4, 0.5) is 22.0 Å². The van der Waals surface area contributed by atoms with Gasteiger partial charge in [-0.3, -0.25) is 0 Å². The molecular formula is C15H27ClF5NPSi4-. The minimum atomic E-state index is -2.73. The molecule has 0 spiro atoms. The summed E-state index contributed by atoms with van der Waals surface area (Å²) in [5.74, 6) is -9.48. The molecule has 0 aliphatic heterocycles. The van der Waals surface area contributed by atoms with E-state index < -0.39 is 64.4 Å². The SMILES string of the molecule is C[Si](C)(C)N([P-]c1c(F)c(F)c(F)c(F)c1F)[Si](Cl)([Si](C)(C)C)[Si](C)(C)C. The van der Waals surface area contributed by atoms with Gasteiger partial charge in [0.1, 0.15) is 11.6 Å². The normalized spacial score (nSPS) is 14.7. The van der Waals surface area contributed by atoms with Gasteiger partial charge in [-0.15, -0.1) is 5.30 Å². The van der Waals surface area contributed by atoms with Crippen molar-refractivity contribution in [3.05, 3.63) is 29.1 Å². The third-order valence-corrected chi connectivity index (χ3v) is 58.0. The van der Waals surface area contributed by atoms with Gasteiger partial charge in [-0.25, -0.2) is 22.0 Å². The lowest BCUT2D eigenvalue weighted by Crippen LogP contribution is -2.79. The molecule has 0 aromatic heterocycles. The van der Waals surface area contributed by atoms with Crippen LogP contribution in [-0.2, 0) is 0 Å². The molecular weight excluding hydrogens is 468 g/mol. The maximum Gasteiger partial charge on any atom is 0.200 e. The molecule has 1 rings (SSSR count). The van der Waals surface area contributed by atoms with E-state index >= 15 is 0 Å². The summed E-state index contributed by atoms with van der Waals surface area (Å²) in [6, 6.07) is 0. The summed E-state index contributed by atoms with van der Waals surface area (Å²) in [6.45, 7) is 16.0. The third-order valence-electron chi connectivity index (χ3n) is 4.30. The molecule has 0 N–H and O–H groups in total. The minimum Gasteiger partial charge on any atom is -0.491 e. The molecule has 0 radical (unpaired) electrons. The molecule has 156 valence electrons. The number of nitrogens with zero attached hydrogens (tertiary/aromatic N) is 1. The number of benzene rings is 1. The molecule has 1 aromatic carbocycles. The van der Waals surface area contributed by atoms with Crippen LogP contribution < -0.4 is 5.30 Å². The number of hydrogen-bond acceptors (Lipinski definition) is 1. The van der Waals surface area contributed by atoms with Gasteiger partial charge >= 0.3 is 0 Å². The number of rotatable bonds is 6. The molecule has 0 heterocycles. The average molecular weight is 495 g/mol. The molecule has 0 saturated heterocycles. The van der Waals surface area contributed by atoms with Gasteiger partial charge in [0.2, 0.25) is 0 Å². The first kappa shape index (κ1) is 25.5. The van der Waals surface area contributed by atoms with E-state index in [0.29, 0.717) is 0 Å². The Hall–Kier alpha value is 0.418. The van der Waals surface area contributed by atoms with Crippen LogP contribution in [-0.4, -0.2) is 34.0 Å². The first-order valence-corrected chi connectivity index (χ1v) is 24.8. The van der Waals surface area contributed by atoms with Crippen molar-refractivity contribution in [3.63, 3.8) is 0 Å². The number of hydrogen-bond donors (Lipinski definition) is 0. The third kappa shape index (κ3) is 4.62. The molecule has 0 unspecified atom stereocenters. The first-order chi connectivity index (χ1) is 11.8. The maximum absolute atomic E-state index is 14.4. The number of halogens is 6. The largest absolute Gasteiger partial charge is 0.491 e. The van der Waals surface area contributed by atoms with E-state index in [9.17, 15) is 22.0 Å². The first-order valence-electron chi connectivity index (χ1n) is 8.50. The lowest BCUT2D eigenvalue weighted by Gasteiger charge is -2.64. The Bertz CT molecular complexity index is 688. The molecule has 0 aliphatic rings. The molecule has 12 heteroatoms. The summed E-state index contributed by atoms with van der Waals surface area (Å²) in [5.41, 5.74) is 0. The fourth-order valence-corrected chi connectivity index (χ4v) is 65.2. The van der Waals surface area contributed by atoms with Gasteiger partial charge in [0.15, 0.2) is 24.0 Å². The quantitative estimate of drug-likeness (QED) is 0.109. The van der Waals surface area contributed by atoms with Crippen LogP contribution in [0.5, 0.6) is 0 Å². The Morgan fingerprint density at radius 2 is 0.926 bits per heavy atom. The van der Waals surface area contributed by atoms with Crippen molar-refractivity contribution in [1.29, 1.82) is 0 Å². The highest BCUT2D eigenvalue weighted by molar-refractivity contribution is 7.85. The van der Waals surface area contributed by atoms with E-state index in [2.05, 4.69) is 39.3 Å². The Kier molecular flexibility index (Phi) is 7.47. The lowest BCUT2D eigenvalue weighted by molar-refractivity contribution is 0.384. The molecule has 0 fully saturated rings. The van der Waals surface area contributed by atoms with Gasteiger partial charge in [0, 0.05) is 0 Å². The van der Waals surface area contributed by atoms with Crippen LogP contribution in [0.3, 0.4) is 0 Å². The van der Waals surface area contributed by atoms with Crippen molar-refractivity contribution in [1.82, 2.24) is 4.00 Å².